The van der Waals surface area contributed by atoms with E-state index >= 15 is 0 Å². The van der Waals surface area contributed by atoms with E-state index in [1.54, 1.807) is 0 Å². The third-order valence-electron chi connectivity index (χ3n) is 13.0. The van der Waals surface area contributed by atoms with E-state index in [9.17, 15) is 19.4 Å². The summed E-state index contributed by atoms with van der Waals surface area (Å²) in [6.45, 7) is 3.62. The van der Waals surface area contributed by atoms with Crippen molar-refractivity contribution < 1.29 is 43.0 Å². The minimum Gasteiger partial charge on any atom is -0.457 e. The summed E-state index contributed by atoms with van der Waals surface area (Å²) in [5, 5.41) is 18.4. The molecule has 0 spiro atoms. The predicted octanol–water partition coefficient (Wildman–Crippen LogP) is 17.0. The molecule has 0 aromatic carbocycles. The molecule has 0 amide bonds. The number of rotatable bonds is 56. The molecule has 0 aromatic rings. The van der Waals surface area contributed by atoms with Crippen LogP contribution in [0.25, 0.3) is 0 Å². The van der Waals surface area contributed by atoms with Gasteiger partial charge in [0.15, 0.2) is 0 Å². The fourth-order valence-corrected chi connectivity index (χ4v) is 9.50. The maximum absolute atomic E-state index is 12.7. The molecule has 0 bridgehead atoms. The molecule has 0 aliphatic heterocycles. The van der Waals surface area contributed by atoms with Crippen molar-refractivity contribution >= 4 is 13.8 Å². The zero-order valence-corrected chi connectivity index (χ0v) is 44.1. The van der Waals surface area contributed by atoms with Gasteiger partial charge in [-0.1, -0.05) is 284 Å². The number of aliphatic hydroxyl groups excluding tert-OH is 2. The largest absolute Gasteiger partial charge is 0.472 e. The predicted molar refractivity (Wildman–Crippen MR) is 275 cm³/mol. The third-order valence-corrected chi connectivity index (χ3v) is 14.0. The summed E-state index contributed by atoms with van der Waals surface area (Å²) in [5.41, 5.74) is 0. The number of ether oxygens (including phenoxy) is 2. The van der Waals surface area contributed by atoms with E-state index in [2.05, 4.69) is 13.8 Å². The lowest BCUT2D eigenvalue weighted by Gasteiger charge is -2.20. The maximum Gasteiger partial charge on any atom is 0.472 e. The van der Waals surface area contributed by atoms with E-state index < -0.39 is 33.2 Å². The number of carbonyl (C=O) groups is 1. The monoisotopic (exact) mass is 947 g/mol. The molecule has 390 valence electrons. The highest BCUT2D eigenvalue weighted by molar-refractivity contribution is 7.47. The molecule has 0 aliphatic carbocycles. The van der Waals surface area contributed by atoms with Crippen LogP contribution < -0.4 is 0 Å². The van der Waals surface area contributed by atoms with Gasteiger partial charge in [-0.25, -0.2) is 4.57 Å². The van der Waals surface area contributed by atoms with E-state index in [4.69, 9.17) is 23.6 Å². The summed E-state index contributed by atoms with van der Waals surface area (Å²) < 4.78 is 33.6. The molecule has 0 saturated heterocycles. The summed E-state index contributed by atoms with van der Waals surface area (Å²) in [6.07, 6.45) is 56.6. The van der Waals surface area contributed by atoms with Crippen LogP contribution >= 0.6 is 7.82 Å². The zero-order chi connectivity index (χ0) is 47.4. The Labute approximate surface area is 403 Å². The second kappa shape index (κ2) is 52.8. The number of hydrogen-bond acceptors (Lipinski definition) is 8. The topological polar surface area (TPSA) is 132 Å². The zero-order valence-electron chi connectivity index (χ0n) is 43.2. The summed E-state index contributed by atoms with van der Waals surface area (Å²) in [6, 6.07) is 0. The summed E-state index contributed by atoms with van der Waals surface area (Å²) in [4.78, 5) is 22.7. The lowest BCUT2D eigenvalue weighted by Crippen LogP contribution is -2.29. The minimum absolute atomic E-state index is 0.0590. The van der Waals surface area contributed by atoms with E-state index in [-0.39, 0.29) is 25.6 Å². The number of esters is 1. The minimum atomic E-state index is -4.52. The van der Waals surface area contributed by atoms with Crippen LogP contribution in [0.2, 0.25) is 0 Å². The van der Waals surface area contributed by atoms with E-state index in [0.717, 1.165) is 32.1 Å². The molecule has 0 fully saturated rings. The molecule has 10 heteroatoms. The third kappa shape index (κ3) is 52.7. The molecular weight excluding hydrogens is 836 g/mol. The Morgan fingerprint density at radius 1 is 0.415 bits per heavy atom. The summed E-state index contributed by atoms with van der Waals surface area (Å²) >= 11 is 0. The standard InChI is InChI=1S/C55H111O9P/c1-3-5-7-9-11-13-15-17-19-21-23-24-25-26-27-28-29-30-31-33-35-37-39-41-43-45-47-55(58)64-54(52-63-65(59,60)62-50-53(57)49-56)51-61-48-46-44-42-40-38-36-34-32-22-20-18-16-14-12-10-8-6-4-2/h53-54,56-57H,3-52H2,1-2H3,(H,59,60)/t53-,54+/m0/s1. The molecule has 0 rings (SSSR count). The lowest BCUT2D eigenvalue weighted by atomic mass is 10.0. The first-order chi connectivity index (χ1) is 31.8. The Morgan fingerprint density at radius 3 is 1.00 bits per heavy atom. The number of phosphoric ester groups is 1. The van der Waals surface area contributed by atoms with E-state index in [1.807, 2.05) is 0 Å². The molecule has 9 nitrogen and oxygen atoms in total. The Hall–Kier alpha value is -0.540. The summed E-state index contributed by atoms with van der Waals surface area (Å²) in [5.74, 6) is -0.371. The fraction of sp³-hybridized carbons (Fsp3) is 0.982. The highest BCUT2D eigenvalue weighted by Gasteiger charge is 2.26. The van der Waals surface area contributed by atoms with Gasteiger partial charge in [0.1, 0.15) is 12.2 Å². The van der Waals surface area contributed by atoms with Crippen LogP contribution in [0.4, 0.5) is 0 Å². The van der Waals surface area contributed by atoms with Crippen molar-refractivity contribution in [2.45, 2.75) is 315 Å². The van der Waals surface area contributed by atoms with Crippen molar-refractivity contribution in [3.05, 3.63) is 0 Å². The highest BCUT2D eigenvalue weighted by atomic mass is 31.2. The number of carbonyl (C=O) groups excluding carboxylic acids is 1. The quantitative estimate of drug-likeness (QED) is 0.0310. The highest BCUT2D eigenvalue weighted by Crippen LogP contribution is 2.43. The van der Waals surface area contributed by atoms with Gasteiger partial charge in [-0.3, -0.25) is 13.8 Å². The molecule has 0 radical (unpaired) electrons. The van der Waals surface area contributed by atoms with E-state index in [1.165, 1.54) is 250 Å². The van der Waals surface area contributed by atoms with Crippen LogP contribution in [0, 0.1) is 0 Å². The van der Waals surface area contributed by atoms with Gasteiger partial charge in [-0.15, -0.1) is 0 Å². The Morgan fingerprint density at radius 2 is 0.692 bits per heavy atom. The molecule has 0 aliphatic rings. The van der Waals surface area contributed by atoms with Crippen molar-refractivity contribution in [2.24, 2.45) is 0 Å². The van der Waals surface area contributed by atoms with Gasteiger partial charge in [0.2, 0.25) is 0 Å². The van der Waals surface area contributed by atoms with Crippen molar-refractivity contribution in [3.8, 4) is 0 Å². The van der Waals surface area contributed by atoms with Crippen molar-refractivity contribution in [2.75, 3.05) is 33.0 Å². The molecule has 3 atom stereocenters. The van der Waals surface area contributed by atoms with Gasteiger partial charge in [-0.05, 0) is 12.8 Å². The average molecular weight is 947 g/mol. The number of unbranched alkanes of at least 4 members (excludes halogenated alkanes) is 42. The number of phosphoric acid groups is 1. The summed E-state index contributed by atoms with van der Waals surface area (Å²) in [7, 11) is -4.52. The van der Waals surface area contributed by atoms with Crippen LogP contribution in [0.5, 0.6) is 0 Å². The molecular formula is C55H111O9P. The van der Waals surface area contributed by atoms with Gasteiger partial charge in [0.05, 0.1) is 26.4 Å². The molecule has 0 aromatic heterocycles. The Kier molecular flexibility index (Phi) is 52.4. The van der Waals surface area contributed by atoms with Gasteiger partial charge in [0.25, 0.3) is 0 Å². The van der Waals surface area contributed by atoms with Crippen molar-refractivity contribution in [1.82, 2.24) is 0 Å². The van der Waals surface area contributed by atoms with Crippen LogP contribution in [0.15, 0.2) is 0 Å². The number of hydrogen-bond donors (Lipinski definition) is 3. The lowest BCUT2D eigenvalue weighted by molar-refractivity contribution is -0.154. The molecule has 0 heterocycles. The molecule has 3 N–H and O–H groups in total. The van der Waals surface area contributed by atoms with Crippen LogP contribution in [0.1, 0.15) is 303 Å². The van der Waals surface area contributed by atoms with Crippen LogP contribution in [-0.2, 0) is 27.9 Å². The SMILES string of the molecule is CCCCCCCCCCCCCCCCCCCCCCCCCCCCC(=O)O[C@H](COCCCCCCCCCCCCCCCCCCCC)COP(=O)(O)OC[C@@H](O)CO. The van der Waals surface area contributed by atoms with Crippen LogP contribution in [0.3, 0.4) is 0 Å². The molecule has 65 heavy (non-hydrogen) atoms. The van der Waals surface area contributed by atoms with Crippen molar-refractivity contribution in [3.63, 3.8) is 0 Å². The molecule has 0 saturated carbocycles. The van der Waals surface area contributed by atoms with Gasteiger partial charge >= 0.3 is 13.8 Å². The van der Waals surface area contributed by atoms with E-state index in [0.29, 0.717) is 6.61 Å². The first-order valence-electron chi connectivity index (χ1n) is 28.5. The molecule has 1 unspecified atom stereocenters. The Balaban J connectivity index is 3.93. The smallest absolute Gasteiger partial charge is 0.457 e. The van der Waals surface area contributed by atoms with Gasteiger partial charge in [-0.2, -0.15) is 0 Å². The maximum atomic E-state index is 12.7. The van der Waals surface area contributed by atoms with Gasteiger partial charge in [0, 0.05) is 13.0 Å². The second-order valence-electron chi connectivity index (χ2n) is 19.7. The van der Waals surface area contributed by atoms with Crippen molar-refractivity contribution in [1.29, 1.82) is 0 Å². The average Bonchev–Trinajstić information content (AvgIpc) is 3.30. The van der Waals surface area contributed by atoms with Gasteiger partial charge < -0.3 is 24.6 Å². The fourth-order valence-electron chi connectivity index (χ4n) is 8.71. The number of aliphatic hydroxyl groups is 2. The Bertz CT molecular complexity index is 985. The second-order valence-corrected chi connectivity index (χ2v) is 21.1. The normalized spacial score (nSPS) is 13.6. The van der Waals surface area contributed by atoms with Crippen LogP contribution in [-0.4, -0.2) is 66.3 Å². The first kappa shape index (κ1) is 64.5. The first-order valence-corrected chi connectivity index (χ1v) is 30.0.